The van der Waals surface area contributed by atoms with Crippen LogP contribution in [0, 0.1) is 6.92 Å². The fourth-order valence-electron chi connectivity index (χ4n) is 1.64. The summed E-state index contributed by atoms with van der Waals surface area (Å²) in [4.78, 5) is 0.196. The molecule has 6 heteroatoms. The first-order chi connectivity index (χ1) is 8.45. The van der Waals surface area contributed by atoms with Crippen LogP contribution < -0.4 is 10.5 Å². The molecular weight excluding hydrogens is 252 g/mol. The van der Waals surface area contributed by atoms with Crippen molar-refractivity contribution in [2.75, 3.05) is 18.9 Å². The molecule has 5 nitrogen and oxygen atoms in total. The van der Waals surface area contributed by atoms with E-state index >= 15 is 0 Å². The number of rotatable bonds is 7. The van der Waals surface area contributed by atoms with Crippen LogP contribution in [0.5, 0.6) is 0 Å². The van der Waals surface area contributed by atoms with E-state index in [2.05, 4.69) is 4.72 Å². The zero-order chi connectivity index (χ0) is 13.6. The highest BCUT2D eigenvalue weighted by Crippen LogP contribution is 2.16. The monoisotopic (exact) mass is 272 g/mol. The van der Waals surface area contributed by atoms with Gasteiger partial charge in [0.25, 0.3) is 0 Å². The Balaban J connectivity index is 2.63. The molecule has 0 heterocycles. The number of sulfonamides is 1. The number of benzene rings is 1. The van der Waals surface area contributed by atoms with E-state index in [0.717, 1.165) is 12.0 Å². The molecule has 1 aromatic carbocycles. The zero-order valence-corrected chi connectivity index (χ0v) is 11.3. The van der Waals surface area contributed by atoms with Crippen molar-refractivity contribution in [3.05, 3.63) is 23.8 Å². The normalized spacial score (nSPS) is 11.7. The largest absolute Gasteiger partial charge is 0.399 e. The van der Waals surface area contributed by atoms with Crippen LogP contribution in [-0.2, 0) is 10.0 Å². The molecule has 1 aromatic rings. The van der Waals surface area contributed by atoms with Gasteiger partial charge in [-0.2, -0.15) is 0 Å². The molecule has 0 fully saturated rings. The standard InChI is InChI=1S/C12H20N2O3S/c1-10-7-11(13)9-12(8-10)18(16,17)14-5-3-2-4-6-15/h7-9,14-15H,2-6,13H2,1H3. The van der Waals surface area contributed by atoms with E-state index in [0.29, 0.717) is 25.1 Å². The summed E-state index contributed by atoms with van der Waals surface area (Å²) in [6, 6.07) is 4.76. The lowest BCUT2D eigenvalue weighted by Gasteiger charge is -2.08. The van der Waals surface area contributed by atoms with Crippen molar-refractivity contribution >= 4 is 15.7 Å². The van der Waals surface area contributed by atoms with Crippen LogP contribution in [0.25, 0.3) is 0 Å². The Labute approximate surface area is 108 Å². The van der Waals surface area contributed by atoms with Crippen molar-refractivity contribution in [1.82, 2.24) is 4.72 Å². The Bertz CT molecular complexity index is 466. The topological polar surface area (TPSA) is 92.4 Å². The third-order valence-electron chi connectivity index (χ3n) is 2.51. The predicted molar refractivity (Wildman–Crippen MR) is 71.7 cm³/mol. The second-order valence-electron chi connectivity index (χ2n) is 4.26. The Morgan fingerprint density at radius 3 is 2.56 bits per heavy atom. The van der Waals surface area contributed by atoms with E-state index in [9.17, 15) is 8.42 Å². The smallest absolute Gasteiger partial charge is 0.240 e. The SMILES string of the molecule is Cc1cc(N)cc(S(=O)(=O)NCCCCCO)c1. The van der Waals surface area contributed by atoms with Crippen LogP contribution in [0.15, 0.2) is 23.1 Å². The number of aliphatic hydroxyl groups excluding tert-OH is 1. The van der Waals surface area contributed by atoms with Gasteiger partial charge in [-0.15, -0.1) is 0 Å². The van der Waals surface area contributed by atoms with Gasteiger partial charge in [-0.05, 0) is 49.9 Å². The van der Waals surface area contributed by atoms with Gasteiger partial charge in [-0.25, -0.2) is 13.1 Å². The van der Waals surface area contributed by atoms with E-state index in [1.54, 1.807) is 19.1 Å². The molecule has 0 saturated carbocycles. The molecule has 102 valence electrons. The number of aryl methyl sites for hydroxylation is 1. The second-order valence-corrected chi connectivity index (χ2v) is 6.03. The summed E-state index contributed by atoms with van der Waals surface area (Å²) in [6.07, 6.45) is 2.20. The highest BCUT2D eigenvalue weighted by Gasteiger charge is 2.13. The van der Waals surface area contributed by atoms with Crippen LogP contribution >= 0.6 is 0 Å². The molecule has 1 rings (SSSR count). The molecule has 0 aliphatic rings. The van der Waals surface area contributed by atoms with Crippen molar-refractivity contribution < 1.29 is 13.5 Å². The van der Waals surface area contributed by atoms with Crippen LogP contribution in [0.3, 0.4) is 0 Å². The lowest BCUT2D eigenvalue weighted by atomic mass is 10.2. The first kappa shape index (κ1) is 14.9. The summed E-state index contributed by atoms with van der Waals surface area (Å²) in [6.45, 7) is 2.31. The average molecular weight is 272 g/mol. The molecule has 0 atom stereocenters. The van der Waals surface area contributed by atoms with Crippen molar-refractivity contribution in [3.63, 3.8) is 0 Å². The fraction of sp³-hybridized carbons (Fsp3) is 0.500. The van der Waals surface area contributed by atoms with Crippen molar-refractivity contribution in [2.24, 2.45) is 0 Å². The van der Waals surface area contributed by atoms with E-state index in [-0.39, 0.29) is 11.5 Å². The molecule has 0 unspecified atom stereocenters. The van der Waals surface area contributed by atoms with Crippen LogP contribution in [0.2, 0.25) is 0 Å². The number of aliphatic hydroxyl groups is 1. The molecule has 0 saturated heterocycles. The van der Waals surface area contributed by atoms with Gasteiger partial charge in [0.05, 0.1) is 4.90 Å². The van der Waals surface area contributed by atoms with Crippen molar-refractivity contribution in [2.45, 2.75) is 31.1 Å². The molecule has 0 aliphatic carbocycles. The third-order valence-corrected chi connectivity index (χ3v) is 3.95. The zero-order valence-electron chi connectivity index (χ0n) is 10.5. The van der Waals surface area contributed by atoms with E-state index in [1.807, 2.05) is 0 Å². The van der Waals surface area contributed by atoms with E-state index in [1.165, 1.54) is 6.07 Å². The Morgan fingerprint density at radius 1 is 1.22 bits per heavy atom. The first-order valence-corrected chi connectivity index (χ1v) is 7.42. The van der Waals surface area contributed by atoms with Gasteiger partial charge in [0.15, 0.2) is 0 Å². The lowest BCUT2D eigenvalue weighted by molar-refractivity contribution is 0.283. The van der Waals surface area contributed by atoms with Gasteiger partial charge in [-0.1, -0.05) is 0 Å². The number of nitrogens with two attached hydrogens (primary N) is 1. The van der Waals surface area contributed by atoms with Gasteiger partial charge in [-0.3, -0.25) is 0 Å². The number of nitrogens with one attached hydrogen (secondary N) is 1. The Morgan fingerprint density at radius 2 is 1.94 bits per heavy atom. The minimum absolute atomic E-state index is 0.140. The molecule has 0 spiro atoms. The minimum Gasteiger partial charge on any atom is -0.399 e. The highest BCUT2D eigenvalue weighted by atomic mass is 32.2. The molecule has 4 N–H and O–H groups in total. The summed E-state index contributed by atoms with van der Waals surface area (Å²) in [5, 5.41) is 8.61. The van der Waals surface area contributed by atoms with Crippen LogP contribution in [0.4, 0.5) is 5.69 Å². The van der Waals surface area contributed by atoms with E-state index in [4.69, 9.17) is 10.8 Å². The molecule has 18 heavy (non-hydrogen) atoms. The van der Waals surface area contributed by atoms with Crippen molar-refractivity contribution in [1.29, 1.82) is 0 Å². The predicted octanol–water partition coefficient (Wildman–Crippen LogP) is 1.02. The van der Waals surface area contributed by atoms with Crippen LogP contribution in [0.1, 0.15) is 24.8 Å². The van der Waals surface area contributed by atoms with Gasteiger partial charge in [0, 0.05) is 18.8 Å². The highest BCUT2D eigenvalue weighted by molar-refractivity contribution is 7.89. The van der Waals surface area contributed by atoms with Crippen molar-refractivity contribution in [3.8, 4) is 0 Å². The number of anilines is 1. The molecule has 0 aromatic heterocycles. The number of unbranched alkanes of at least 4 members (excludes halogenated alkanes) is 2. The maximum Gasteiger partial charge on any atom is 0.240 e. The number of nitrogen functional groups attached to an aromatic ring is 1. The second kappa shape index (κ2) is 6.72. The van der Waals surface area contributed by atoms with Gasteiger partial charge in [0.2, 0.25) is 10.0 Å². The fourth-order valence-corrected chi connectivity index (χ4v) is 2.85. The summed E-state index contributed by atoms with van der Waals surface area (Å²) < 4.78 is 26.4. The van der Waals surface area contributed by atoms with Gasteiger partial charge < -0.3 is 10.8 Å². The molecule has 0 radical (unpaired) electrons. The van der Waals surface area contributed by atoms with Gasteiger partial charge >= 0.3 is 0 Å². The maximum absolute atomic E-state index is 12.0. The lowest BCUT2D eigenvalue weighted by Crippen LogP contribution is -2.25. The molecule has 0 amide bonds. The number of hydrogen-bond donors (Lipinski definition) is 3. The molecule has 0 bridgehead atoms. The summed E-state index contributed by atoms with van der Waals surface area (Å²) in [7, 11) is -3.48. The average Bonchev–Trinajstić information content (AvgIpc) is 2.27. The Kier molecular flexibility index (Phi) is 5.58. The summed E-state index contributed by atoms with van der Waals surface area (Å²) in [5.41, 5.74) is 6.89. The number of hydrogen-bond acceptors (Lipinski definition) is 4. The third kappa shape index (κ3) is 4.64. The summed E-state index contributed by atoms with van der Waals surface area (Å²) in [5.74, 6) is 0. The Hall–Kier alpha value is -1.11. The van der Waals surface area contributed by atoms with Gasteiger partial charge in [0.1, 0.15) is 0 Å². The summed E-state index contributed by atoms with van der Waals surface area (Å²) >= 11 is 0. The maximum atomic E-state index is 12.0. The van der Waals surface area contributed by atoms with E-state index < -0.39 is 10.0 Å². The first-order valence-electron chi connectivity index (χ1n) is 5.93. The minimum atomic E-state index is -3.48. The van der Waals surface area contributed by atoms with Crippen LogP contribution in [-0.4, -0.2) is 26.7 Å². The molecular formula is C12H20N2O3S. The molecule has 0 aliphatic heterocycles. The quantitative estimate of drug-likeness (QED) is 0.510.